The van der Waals surface area contributed by atoms with E-state index in [0.29, 0.717) is 19.0 Å². The monoisotopic (exact) mass is 368 g/mol. The third-order valence-electron chi connectivity index (χ3n) is 5.47. The molecule has 1 saturated carbocycles. The van der Waals surface area contributed by atoms with Crippen molar-refractivity contribution in [2.75, 3.05) is 13.1 Å². The van der Waals surface area contributed by atoms with Crippen LogP contribution in [0.15, 0.2) is 47.2 Å². The average Bonchev–Trinajstić information content (AvgIpc) is 3.39. The van der Waals surface area contributed by atoms with E-state index in [1.807, 2.05) is 39.9 Å². The van der Waals surface area contributed by atoms with Crippen molar-refractivity contribution < 1.29 is 9.59 Å². The maximum absolute atomic E-state index is 12.8. The van der Waals surface area contributed by atoms with Crippen molar-refractivity contribution in [2.45, 2.75) is 31.7 Å². The summed E-state index contributed by atoms with van der Waals surface area (Å²) in [6.07, 6.45) is 3.86. The zero-order valence-electron chi connectivity index (χ0n) is 14.8. The predicted octanol–water partition coefficient (Wildman–Crippen LogP) is 3.87. The van der Waals surface area contributed by atoms with Gasteiger partial charge in [0.1, 0.15) is 0 Å². The number of hydrogen-bond donors (Lipinski definition) is 1. The van der Waals surface area contributed by atoms with Crippen LogP contribution in [0.25, 0.3) is 0 Å². The fourth-order valence-corrected chi connectivity index (χ4v) is 4.38. The molecule has 1 aliphatic carbocycles. The van der Waals surface area contributed by atoms with E-state index in [-0.39, 0.29) is 23.8 Å². The fourth-order valence-electron chi connectivity index (χ4n) is 3.75. The molecule has 26 heavy (non-hydrogen) atoms. The first-order chi connectivity index (χ1) is 12.7. The van der Waals surface area contributed by atoms with E-state index >= 15 is 0 Å². The Morgan fingerprint density at radius 1 is 1.04 bits per heavy atom. The van der Waals surface area contributed by atoms with E-state index in [9.17, 15) is 9.59 Å². The Labute approximate surface area is 158 Å². The van der Waals surface area contributed by atoms with Crippen LogP contribution in [0, 0.1) is 11.8 Å². The Hall–Kier alpha value is -2.14. The van der Waals surface area contributed by atoms with Gasteiger partial charge in [0.25, 0.3) is 5.91 Å². The van der Waals surface area contributed by atoms with Crippen LogP contribution < -0.4 is 5.32 Å². The van der Waals surface area contributed by atoms with Gasteiger partial charge in [0.05, 0.1) is 11.6 Å². The molecule has 2 fully saturated rings. The Morgan fingerprint density at radius 2 is 1.77 bits per heavy atom. The van der Waals surface area contributed by atoms with E-state index in [0.717, 1.165) is 18.4 Å². The van der Waals surface area contributed by atoms with Gasteiger partial charge in [-0.3, -0.25) is 9.59 Å². The molecule has 0 spiro atoms. The van der Waals surface area contributed by atoms with E-state index in [1.54, 1.807) is 0 Å². The van der Waals surface area contributed by atoms with Crippen LogP contribution in [0.3, 0.4) is 0 Å². The topological polar surface area (TPSA) is 49.4 Å². The molecular formula is C21H24N2O2S. The van der Waals surface area contributed by atoms with Crippen LogP contribution in [0.5, 0.6) is 0 Å². The number of thiophene rings is 1. The molecule has 2 heterocycles. The first-order valence-corrected chi connectivity index (χ1v) is 10.3. The normalized spacial score (nSPS) is 19.2. The number of hydrogen-bond acceptors (Lipinski definition) is 3. The minimum Gasteiger partial charge on any atom is -0.349 e. The summed E-state index contributed by atoms with van der Waals surface area (Å²) in [4.78, 5) is 27.1. The van der Waals surface area contributed by atoms with Crippen molar-refractivity contribution in [3.05, 3.63) is 58.3 Å². The predicted molar refractivity (Wildman–Crippen MR) is 103 cm³/mol. The summed E-state index contributed by atoms with van der Waals surface area (Å²) in [5.74, 6) is 0.812. The highest BCUT2D eigenvalue weighted by Crippen LogP contribution is 2.41. The van der Waals surface area contributed by atoms with Crippen LogP contribution in [0.1, 0.15) is 47.6 Å². The molecular weight excluding hydrogens is 344 g/mol. The van der Waals surface area contributed by atoms with Crippen LogP contribution in [-0.2, 0) is 4.79 Å². The van der Waals surface area contributed by atoms with Crippen molar-refractivity contribution >= 4 is 23.2 Å². The van der Waals surface area contributed by atoms with Crippen molar-refractivity contribution in [1.82, 2.24) is 10.2 Å². The number of benzene rings is 1. The number of piperidine rings is 1. The molecule has 1 N–H and O–H groups in total. The summed E-state index contributed by atoms with van der Waals surface area (Å²) in [5.41, 5.74) is 1.96. The van der Waals surface area contributed by atoms with Crippen LogP contribution in [0.2, 0.25) is 0 Å². The highest BCUT2D eigenvalue weighted by Gasteiger charge is 2.35. The number of rotatable bonds is 5. The number of nitrogens with zero attached hydrogens (tertiary/aromatic N) is 1. The Balaban J connectivity index is 1.34. The highest BCUT2D eigenvalue weighted by atomic mass is 32.1. The SMILES string of the molecule is O=C(N[C@@H](c1ccccc1)C1CC1)C1CCN(C(=O)c2ccsc2)CC1. The molecule has 4 rings (SSSR count). The third-order valence-corrected chi connectivity index (χ3v) is 6.15. The van der Waals surface area contributed by atoms with E-state index < -0.39 is 0 Å². The highest BCUT2D eigenvalue weighted by molar-refractivity contribution is 7.08. The van der Waals surface area contributed by atoms with Crippen molar-refractivity contribution in [3.63, 3.8) is 0 Å². The zero-order valence-corrected chi connectivity index (χ0v) is 15.6. The van der Waals surface area contributed by atoms with Gasteiger partial charge in [-0.2, -0.15) is 11.3 Å². The van der Waals surface area contributed by atoms with Crippen molar-refractivity contribution in [2.24, 2.45) is 11.8 Å². The quantitative estimate of drug-likeness (QED) is 0.871. The van der Waals surface area contributed by atoms with E-state index in [2.05, 4.69) is 17.4 Å². The van der Waals surface area contributed by atoms with Gasteiger partial charge in [0.2, 0.25) is 5.91 Å². The zero-order chi connectivity index (χ0) is 17.9. The standard InChI is InChI=1S/C21H24N2O2S/c24-20(22-19(16-6-7-16)15-4-2-1-3-5-15)17-8-11-23(12-9-17)21(25)18-10-13-26-14-18/h1-5,10,13-14,16-17,19H,6-9,11-12H2,(H,22,24)/t19-/m0/s1. The number of carbonyl (C=O) groups excluding carboxylic acids is 2. The average molecular weight is 369 g/mol. The second-order valence-electron chi connectivity index (χ2n) is 7.31. The Kier molecular flexibility index (Phi) is 5.07. The number of nitrogens with one attached hydrogen (secondary N) is 1. The minimum atomic E-state index is 0.00601. The lowest BCUT2D eigenvalue weighted by atomic mass is 9.94. The molecule has 1 aromatic carbocycles. The molecule has 2 aromatic rings. The molecule has 0 unspecified atom stereocenters. The molecule has 136 valence electrons. The lowest BCUT2D eigenvalue weighted by Gasteiger charge is -2.32. The van der Waals surface area contributed by atoms with Gasteiger partial charge in [-0.25, -0.2) is 0 Å². The van der Waals surface area contributed by atoms with Gasteiger partial charge in [0, 0.05) is 24.4 Å². The minimum absolute atomic E-state index is 0.00601. The second kappa shape index (κ2) is 7.62. The fraction of sp³-hybridized carbons (Fsp3) is 0.429. The molecule has 1 aliphatic heterocycles. The maximum atomic E-state index is 12.8. The molecule has 1 aromatic heterocycles. The summed E-state index contributed by atoms with van der Waals surface area (Å²) in [6, 6.07) is 12.3. The lowest BCUT2D eigenvalue weighted by Crippen LogP contribution is -2.43. The summed E-state index contributed by atoms with van der Waals surface area (Å²) >= 11 is 1.54. The number of carbonyl (C=O) groups is 2. The van der Waals surface area contributed by atoms with Gasteiger partial charge in [-0.1, -0.05) is 30.3 Å². The third kappa shape index (κ3) is 3.83. The molecule has 2 amide bonds. The number of amides is 2. The van der Waals surface area contributed by atoms with Gasteiger partial charge in [-0.05, 0) is 48.6 Å². The maximum Gasteiger partial charge on any atom is 0.254 e. The largest absolute Gasteiger partial charge is 0.349 e. The van der Waals surface area contributed by atoms with E-state index in [4.69, 9.17) is 0 Å². The molecule has 4 nitrogen and oxygen atoms in total. The molecule has 5 heteroatoms. The number of likely N-dealkylation sites (tertiary alicyclic amines) is 1. The Morgan fingerprint density at radius 3 is 2.38 bits per heavy atom. The smallest absolute Gasteiger partial charge is 0.254 e. The van der Waals surface area contributed by atoms with E-state index in [1.165, 1.54) is 29.7 Å². The van der Waals surface area contributed by atoms with Crippen LogP contribution in [-0.4, -0.2) is 29.8 Å². The van der Waals surface area contributed by atoms with Crippen molar-refractivity contribution in [3.8, 4) is 0 Å². The van der Waals surface area contributed by atoms with Gasteiger partial charge in [0.15, 0.2) is 0 Å². The molecule has 0 radical (unpaired) electrons. The first kappa shape index (κ1) is 17.3. The van der Waals surface area contributed by atoms with Gasteiger partial charge < -0.3 is 10.2 Å². The molecule has 2 aliphatic rings. The summed E-state index contributed by atoms with van der Waals surface area (Å²) < 4.78 is 0. The molecule has 0 bridgehead atoms. The summed E-state index contributed by atoms with van der Waals surface area (Å²) in [6.45, 7) is 1.32. The second-order valence-corrected chi connectivity index (χ2v) is 8.09. The summed E-state index contributed by atoms with van der Waals surface area (Å²) in [5, 5.41) is 7.11. The van der Waals surface area contributed by atoms with Crippen LogP contribution >= 0.6 is 11.3 Å². The first-order valence-electron chi connectivity index (χ1n) is 9.39. The summed E-state index contributed by atoms with van der Waals surface area (Å²) in [7, 11) is 0. The molecule has 1 atom stereocenters. The Bertz CT molecular complexity index is 748. The van der Waals surface area contributed by atoms with Gasteiger partial charge in [-0.15, -0.1) is 0 Å². The molecule has 1 saturated heterocycles. The van der Waals surface area contributed by atoms with Gasteiger partial charge >= 0.3 is 0 Å². The lowest BCUT2D eigenvalue weighted by molar-refractivity contribution is -0.127. The van der Waals surface area contributed by atoms with Crippen molar-refractivity contribution in [1.29, 1.82) is 0 Å². The van der Waals surface area contributed by atoms with Crippen LogP contribution in [0.4, 0.5) is 0 Å².